The first-order valence-corrected chi connectivity index (χ1v) is 11.5. The van der Waals surface area contributed by atoms with Crippen LogP contribution in [0.3, 0.4) is 0 Å². The monoisotopic (exact) mass is 396 g/mol. The lowest BCUT2D eigenvalue weighted by Crippen LogP contribution is -2.58. The Bertz CT molecular complexity index is 867. The average Bonchev–Trinajstić information content (AvgIpc) is 3.42. The van der Waals surface area contributed by atoms with Crippen molar-refractivity contribution in [2.24, 2.45) is 5.92 Å². The number of rotatable bonds is 5. The fourth-order valence-electron chi connectivity index (χ4n) is 5.52. The van der Waals surface area contributed by atoms with Gasteiger partial charge >= 0.3 is 0 Å². The van der Waals surface area contributed by atoms with Gasteiger partial charge in [0.25, 0.3) is 0 Å². The Morgan fingerprint density at radius 1 is 1.29 bits per heavy atom. The third-order valence-electron chi connectivity index (χ3n) is 7.14. The van der Waals surface area contributed by atoms with Crippen molar-refractivity contribution in [2.45, 2.75) is 57.5 Å². The number of H-pyrrole nitrogens is 1. The minimum absolute atomic E-state index is 0.434. The van der Waals surface area contributed by atoms with Gasteiger partial charge in [-0.2, -0.15) is 0 Å². The van der Waals surface area contributed by atoms with E-state index in [0.29, 0.717) is 18.0 Å². The molecule has 2 heterocycles. The molecule has 1 saturated heterocycles. The van der Waals surface area contributed by atoms with Crippen LogP contribution in [0.25, 0.3) is 10.9 Å². The Hall–Kier alpha value is -1.59. The maximum Gasteiger partial charge on any atom is 0.169 e. The van der Waals surface area contributed by atoms with E-state index in [0.717, 1.165) is 30.7 Å². The van der Waals surface area contributed by atoms with Gasteiger partial charge in [-0.3, -0.25) is 4.90 Å². The zero-order chi connectivity index (χ0) is 19.3. The molecule has 5 heteroatoms. The summed E-state index contributed by atoms with van der Waals surface area (Å²) in [6.45, 7) is 8.69. The van der Waals surface area contributed by atoms with Crippen LogP contribution in [0.5, 0.6) is 0 Å². The van der Waals surface area contributed by atoms with Gasteiger partial charge in [0.15, 0.2) is 5.11 Å². The Morgan fingerprint density at radius 2 is 2.11 bits per heavy atom. The largest absolute Gasteiger partial charge is 0.361 e. The lowest BCUT2D eigenvalue weighted by molar-refractivity contribution is 0.0987. The molecule has 28 heavy (non-hydrogen) atoms. The molecule has 2 aromatic rings. The number of likely N-dealkylation sites (tertiary alicyclic amines) is 1. The van der Waals surface area contributed by atoms with Crippen LogP contribution >= 0.6 is 12.2 Å². The van der Waals surface area contributed by atoms with E-state index in [9.17, 15) is 0 Å². The molecule has 4 nitrogen and oxygen atoms in total. The summed E-state index contributed by atoms with van der Waals surface area (Å²) in [6.07, 6.45) is 7.43. The van der Waals surface area contributed by atoms with Crippen LogP contribution in [0.2, 0.25) is 0 Å². The lowest BCUT2D eigenvalue weighted by atomic mass is 9.73. The highest BCUT2D eigenvalue weighted by Gasteiger charge is 2.42. The van der Waals surface area contributed by atoms with Gasteiger partial charge < -0.3 is 15.2 Å². The van der Waals surface area contributed by atoms with E-state index in [1.54, 1.807) is 5.56 Å². The lowest BCUT2D eigenvalue weighted by Gasteiger charge is -2.48. The predicted octanol–water partition coefficient (Wildman–Crippen LogP) is 3.88. The molecule has 1 aliphatic heterocycles. The minimum atomic E-state index is 0.434. The first-order chi connectivity index (χ1) is 13.7. The van der Waals surface area contributed by atoms with E-state index in [1.807, 2.05) is 0 Å². The summed E-state index contributed by atoms with van der Waals surface area (Å²) < 4.78 is 0. The van der Waals surface area contributed by atoms with E-state index in [2.05, 4.69) is 58.3 Å². The molecule has 2 N–H and O–H groups in total. The number of aromatic amines is 1. The van der Waals surface area contributed by atoms with Crippen molar-refractivity contribution in [3.05, 3.63) is 35.5 Å². The fourth-order valence-corrected chi connectivity index (χ4v) is 5.95. The zero-order valence-corrected chi connectivity index (χ0v) is 17.9. The average molecular weight is 397 g/mol. The second kappa shape index (κ2) is 7.34. The quantitative estimate of drug-likeness (QED) is 0.752. The molecule has 3 aliphatic rings. The maximum atomic E-state index is 5.74. The van der Waals surface area contributed by atoms with Gasteiger partial charge in [-0.05, 0) is 74.9 Å². The van der Waals surface area contributed by atoms with Gasteiger partial charge in [0.2, 0.25) is 0 Å². The number of nitrogens with one attached hydrogen (secondary N) is 2. The summed E-state index contributed by atoms with van der Waals surface area (Å²) in [6, 6.07) is 7.89. The molecule has 1 aromatic carbocycles. The Kier molecular flexibility index (Phi) is 4.84. The molecule has 150 valence electrons. The van der Waals surface area contributed by atoms with Crippen LogP contribution in [-0.2, 0) is 6.42 Å². The fraction of sp³-hybridized carbons (Fsp3) is 0.609. The molecule has 5 rings (SSSR count). The number of nitrogens with zero attached hydrogens (tertiary/aromatic N) is 2. The smallest absolute Gasteiger partial charge is 0.169 e. The third-order valence-corrected chi connectivity index (χ3v) is 7.52. The summed E-state index contributed by atoms with van der Waals surface area (Å²) >= 11 is 5.74. The highest BCUT2D eigenvalue weighted by molar-refractivity contribution is 7.80. The Balaban J connectivity index is 1.44. The summed E-state index contributed by atoms with van der Waals surface area (Å²) in [5.41, 5.74) is 4.36. The van der Waals surface area contributed by atoms with Crippen molar-refractivity contribution >= 4 is 28.2 Å². The molecule has 1 aromatic heterocycles. The van der Waals surface area contributed by atoms with E-state index >= 15 is 0 Å². The summed E-state index contributed by atoms with van der Waals surface area (Å²) in [7, 11) is 0. The van der Waals surface area contributed by atoms with Gasteiger partial charge in [0.1, 0.15) is 0 Å². The van der Waals surface area contributed by atoms with Crippen molar-refractivity contribution in [3.8, 4) is 0 Å². The van der Waals surface area contributed by atoms with Gasteiger partial charge in [-0.1, -0.05) is 12.1 Å². The number of benzene rings is 1. The summed E-state index contributed by atoms with van der Waals surface area (Å²) in [5.74, 6) is 1.51. The SMILES string of the molecule is CCN(CC)C(=S)N[C@H]1C[C@@H]2c3cccc4[nH]cc(c34)C[C@H]2N(CC2CC2)C1. The minimum Gasteiger partial charge on any atom is -0.361 e. The van der Waals surface area contributed by atoms with Crippen LogP contribution < -0.4 is 5.32 Å². The van der Waals surface area contributed by atoms with E-state index < -0.39 is 0 Å². The molecule has 0 unspecified atom stereocenters. The van der Waals surface area contributed by atoms with Crippen LogP contribution in [0.15, 0.2) is 24.4 Å². The standard InChI is InChI=1S/C23H32N4S/c1-3-26(4-2)23(28)25-17-11-19-18-6-5-7-20-22(18)16(12-24-20)10-21(19)27(14-17)13-15-8-9-15/h5-7,12,15,17,19,21,24H,3-4,8-11,13-14H2,1-2H3,(H,25,28)/t17-,19+,21+/m0/s1. The highest BCUT2D eigenvalue weighted by atomic mass is 32.1. The van der Waals surface area contributed by atoms with Crippen molar-refractivity contribution < 1.29 is 0 Å². The second-order valence-electron chi connectivity index (χ2n) is 8.91. The molecule has 1 saturated carbocycles. The molecule has 2 fully saturated rings. The molecule has 0 amide bonds. The topological polar surface area (TPSA) is 34.3 Å². The third kappa shape index (κ3) is 3.22. The van der Waals surface area contributed by atoms with Crippen molar-refractivity contribution in [2.75, 3.05) is 26.2 Å². The first-order valence-electron chi connectivity index (χ1n) is 11.1. The van der Waals surface area contributed by atoms with Crippen molar-refractivity contribution in [3.63, 3.8) is 0 Å². The molecule has 0 bridgehead atoms. The van der Waals surface area contributed by atoms with Crippen LogP contribution in [-0.4, -0.2) is 58.2 Å². The van der Waals surface area contributed by atoms with E-state index in [-0.39, 0.29) is 0 Å². The van der Waals surface area contributed by atoms with Gasteiger partial charge in [-0.15, -0.1) is 0 Å². The number of fused-ring (bicyclic) bond motifs is 2. The molecular weight excluding hydrogens is 364 g/mol. The summed E-state index contributed by atoms with van der Waals surface area (Å²) in [4.78, 5) is 8.57. The van der Waals surface area contributed by atoms with Crippen molar-refractivity contribution in [1.82, 2.24) is 20.1 Å². The van der Waals surface area contributed by atoms with Gasteiger partial charge in [0, 0.05) is 61.3 Å². The highest BCUT2D eigenvalue weighted by Crippen LogP contribution is 2.44. The van der Waals surface area contributed by atoms with Crippen LogP contribution in [0, 0.1) is 5.92 Å². The zero-order valence-electron chi connectivity index (χ0n) is 17.1. The van der Waals surface area contributed by atoms with Gasteiger partial charge in [-0.25, -0.2) is 0 Å². The van der Waals surface area contributed by atoms with Crippen LogP contribution in [0.1, 0.15) is 50.2 Å². The number of aromatic nitrogens is 1. The molecular formula is C23H32N4S. The maximum absolute atomic E-state index is 5.74. The van der Waals surface area contributed by atoms with E-state index in [4.69, 9.17) is 12.2 Å². The van der Waals surface area contributed by atoms with Crippen LogP contribution in [0.4, 0.5) is 0 Å². The molecule has 3 atom stereocenters. The number of thiocarbonyl (C=S) groups is 1. The normalized spacial score (nSPS) is 26.9. The number of hydrogen-bond acceptors (Lipinski definition) is 2. The molecule has 2 aliphatic carbocycles. The Labute approximate surface area is 173 Å². The first kappa shape index (κ1) is 18.4. The van der Waals surface area contributed by atoms with Crippen molar-refractivity contribution in [1.29, 1.82) is 0 Å². The Morgan fingerprint density at radius 3 is 2.86 bits per heavy atom. The predicted molar refractivity (Wildman–Crippen MR) is 120 cm³/mol. The molecule has 0 radical (unpaired) electrons. The number of piperidine rings is 1. The van der Waals surface area contributed by atoms with E-state index in [1.165, 1.54) is 48.7 Å². The summed E-state index contributed by atoms with van der Waals surface area (Å²) in [5, 5.41) is 6.15. The second-order valence-corrected chi connectivity index (χ2v) is 9.30. The number of hydrogen-bond donors (Lipinski definition) is 2. The van der Waals surface area contributed by atoms with Gasteiger partial charge in [0.05, 0.1) is 0 Å². The molecule has 0 spiro atoms.